The molecule has 0 aromatic heterocycles. The highest BCUT2D eigenvalue weighted by molar-refractivity contribution is 6.31. The average Bonchev–Trinajstić information content (AvgIpc) is 2.15. The van der Waals surface area contributed by atoms with Crippen LogP contribution in [0, 0.1) is 5.92 Å². The van der Waals surface area contributed by atoms with E-state index in [1.807, 2.05) is 0 Å². The van der Waals surface area contributed by atoms with E-state index in [-0.39, 0.29) is 5.92 Å². The van der Waals surface area contributed by atoms with Crippen molar-refractivity contribution in [1.29, 1.82) is 0 Å². The highest BCUT2D eigenvalue weighted by Gasteiger charge is 2.18. The molecule has 1 saturated carbocycles. The first kappa shape index (κ1) is 9.03. The molecule has 4 heteroatoms. The fourth-order valence-corrected chi connectivity index (χ4v) is 1.67. The molecule has 0 aromatic carbocycles. The lowest BCUT2D eigenvalue weighted by atomic mass is 9.86. The third-order valence-corrected chi connectivity index (χ3v) is 2.33. The summed E-state index contributed by atoms with van der Waals surface area (Å²) in [6.07, 6.45) is 6.88. The van der Waals surface area contributed by atoms with Crippen LogP contribution >= 0.6 is 0 Å². The van der Waals surface area contributed by atoms with Crippen LogP contribution in [0.4, 0.5) is 0 Å². The average molecular weight is 170 g/mol. The molecule has 68 valence electrons. The second-order valence-corrected chi connectivity index (χ2v) is 3.10. The fourth-order valence-electron chi connectivity index (χ4n) is 1.67. The quantitative estimate of drug-likeness (QED) is 0.377. The van der Waals surface area contributed by atoms with Crippen LogP contribution in [0.1, 0.15) is 32.1 Å². The Balaban J connectivity index is 2.52. The lowest BCUT2D eigenvalue weighted by Crippen LogP contribution is -2.19. The van der Waals surface area contributed by atoms with E-state index in [9.17, 15) is 0 Å². The normalized spacial score (nSPS) is 21.8. The Morgan fingerprint density at radius 2 is 1.83 bits per heavy atom. The predicted octanol–water partition coefficient (Wildman–Crippen LogP) is 1.86. The summed E-state index contributed by atoms with van der Waals surface area (Å²) < 4.78 is 0. The molecule has 4 nitrogen and oxygen atoms in total. The highest BCUT2D eigenvalue weighted by Crippen LogP contribution is 2.24. The monoisotopic (exact) mass is 170 g/mol. The second kappa shape index (κ2) is 4.74. The summed E-state index contributed by atoms with van der Waals surface area (Å²) in [5.74, 6) is 0.277. The second-order valence-electron chi connectivity index (χ2n) is 3.10. The minimum absolute atomic E-state index is 0.277. The zero-order chi connectivity index (χ0) is 8.81. The van der Waals surface area contributed by atoms with Crippen LogP contribution in [-0.2, 0) is 0 Å². The van der Waals surface area contributed by atoms with E-state index in [1.165, 1.54) is 25.5 Å². The topological polar surface area (TPSA) is 65.2 Å². The minimum atomic E-state index is 0.277. The van der Waals surface area contributed by atoms with Gasteiger partial charge < -0.3 is 10.4 Å². The van der Waals surface area contributed by atoms with E-state index in [0.29, 0.717) is 5.71 Å². The number of hydrogen-bond acceptors (Lipinski definition) is 4. The van der Waals surface area contributed by atoms with Crippen molar-refractivity contribution >= 4 is 11.9 Å². The van der Waals surface area contributed by atoms with Crippen LogP contribution in [0.15, 0.2) is 10.3 Å². The van der Waals surface area contributed by atoms with Gasteiger partial charge in [-0.1, -0.05) is 29.6 Å². The van der Waals surface area contributed by atoms with Crippen molar-refractivity contribution in [2.24, 2.45) is 16.2 Å². The van der Waals surface area contributed by atoms with E-state index >= 15 is 0 Å². The molecular formula is C8H14N2O2. The SMILES string of the molecule is ON=C/C(=N/O)C1CCCCC1. The Hall–Kier alpha value is -1.06. The zero-order valence-electron chi connectivity index (χ0n) is 6.98. The molecule has 0 aliphatic heterocycles. The van der Waals surface area contributed by atoms with Crippen molar-refractivity contribution in [3.63, 3.8) is 0 Å². The third kappa shape index (κ3) is 2.22. The Morgan fingerprint density at radius 3 is 2.33 bits per heavy atom. The largest absolute Gasteiger partial charge is 0.411 e. The molecule has 0 spiro atoms. The molecule has 12 heavy (non-hydrogen) atoms. The van der Waals surface area contributed by atoms with Crippen LogP contribution in [0.5, 0.6) is 0 Å². The molecule has 0 radical (unpaired) electrons. The number of nitrogens with zero attached hydrogens (tertiary/aromatic N) is 2. The maximum absolute atomic E-state index is 8.59. The maximum atomic E-state index is 8.59. The predicted molar refractivity (Wildman–Crippen MR) is 46.1 cm³/mol. The van der Waals surface area contributed by atoms with Crippen molar-refractivity contribution in [1.82, 2.24) is 0 Å². The molecule has 0 saturated heterocycles. The molecule has 1 aliphatic carbocycles. The summed E-state index contributed by atoms with van der Waals surface area (Å²) in [6, 6.07) is 0. The van der Waals surface area contributed by atoms with Gasteiger partial charge in [0.15, 0.2) is 0 Å². The van der Waals surface area contributed by atoms with Crippen molar-refractivity contribution in [2.45, 2.75) is 32.1 Å². The summed E-state index contributed by atoms with van der Waals surface area (Å²) in [5, 5.41) is 22.8. The van der Waals surface area contributed by atoms with Crippen molar-refractivity contribution in [3.8, 4) is 0 Å². The van der Waals surface area contributed by atoms with Gasteiger partial charge in [-0.05, 0) is 12.8 Å². The molecule has 0 atom stereocenters. The van der Waals surface area contributed by atoms with Gasteiger partial charge in [-0.25, -0.2) is 0 Å². The highest BCUT2D eigenvalue weighted by atomic mass is 16.4. The summed E-state index contributed by atoms with van der Waals surface area (Å²) in [5.41, 5.74) is 0.497. The van der Waals surface area contributed by atoms with E-state index in [1.54, 1.807) is 0 Å². The van der Waals surface area contributed by atoms with E-state index in [2.05, 4.69) is 10.3 Å². The molecule has 1 aliphatic rings. The lowest BCUT2D eigenvalue weighted by Gasteiger charge is -2.19. The smallest absolute Gasteiger partial charge is 0.104 e. The first-order valence-corrected chi connectivity index (χ1v) is 4.28. The molecule has 0 unspecified atom stereocenters. The van der Waals surface area contributed by atoms with Gasteiger partial charge in [-0.2, -0.15) is 0 Å². The number of oxime groups is 2. The van der Waals surface area contributed by atoms with Gasteiger partial charge in [0, 0.05) is 5.92 Å². The Bertz CT molecular complexity index is 183. The van der Waals surface area contributed by atoms with Crippen molar-refractivity contribution in [3.05, 3.63) is 0 Å². The van der Waals surface area contributed by atoms with Gasteiger partial charge in [0.2, 0.25) is 0 Å². The Morgan fingerprint density at radius 1 is 1.17 bits per heavy atom. The van der Waals surface area contributed by atoms with Crippen LogP contribution in [0.3, 0.4) is 0 Å². The van der Waals surface area contributed by atoms with Gasteiger partial charge in [-0.3, -0.25) is 0 Å². The lowest BCUT2D eigenvalue weighted by molar-refractivity contribution is 0.308. The summed E-state index contributed by atoms with van der Waals surface area (Å²) >= 11 is 0. The van der Waals surface area contributed by atoms with Gasteiger partial charge >= 0.3 is 0 Å². The molecule has 0 bridgehead atoms. The van der Waals surface area contributed by atoms with Gasteiger partial charge in [0.05, 0.1) is 6.21 Å². The number of rotatable bonds is 2. The van der Waals surface area contributed by atoms with Crippen LogP contribution in [0.25, 0.3) is 0 Å². The zero-order valence-corrected chi connectivity index (χ0v) is 6.98. The van der Waals surface area contributed by atoms with Gasteiger partial charge in [-0.15, -0.1) is 0 Å². The molecule has 0 aromatic rings. The van der Waals surface area contributed by atoms with Crippen molar-refractivity contribution in [2.75, 3.05) is 0 Å². The summed E-state index contributed by atoms with van der Waals surface area (Å²) in [4.78, 5) is 0. The van der Waals surface area contributed by atoms with E-state index in [4.69, 9.17) is 10.4 Å². The minimum Gasteiger partial charge on any atom is -0.411 e. The van der Waals surface area contributed by atoms with E-state index < -0.39 is 0 Å². The molecule has 1 rings (SSSR count). The van der Waals surface area contributed by atoms with E-state index in [0.717, 1.165) is 12.8 Å². The maximum Gasteiger partial charge on any atom is 0.104 e. The van der Waals surface area contributed by atoms with Crippen molar-refractivity contribution < 1.29 is 10.4 Å². The first-order valence-electron chi connectivity index (χ1n) is 4.28. The van der Waals surface area contributed by atoms with Crippen LogP contribution < -0.4 is 0 Å². The Labute approximate surface area is 71.6 Å². The molecule has 1 fully saturated rings. The van der Waals surface area contributed by atoms with Gasteiger partial charge in [0.25, 0.3) is 0 Å². The fraction of sp³-hybridized carbons (Fsp3) is 0.750. The summed E-state index contributed by atoms with van der Waals surface area (Å²) in [6.45, 7) is 0. The Kier molecular flexibility index (Phi) is 3.57. The first-order chi connectivity index (χ1) is 5.88. The number of hydrogen-bond donors (Lipinski definition) is 2. The summed E-state index contributed by atoms with van der Waals surface area (Å²) in [7, 11) is 0. The molecule has 0 heterocycles. The molecule has 0 amide bonds. The standard InChI is InChI=1S/C8H14N2O2/c11-9-6-8(10-12)7-4-2-1-3-5-7/h6-7,11-12H,1-5H2/b9-6?,10-8-. The molecule has 2 N–H and O–H groups in total. The van der Waals surface area contributed by atoms with Crippen LogP contribution in [-0.4, -0.2) is 22.3 Å². The van der Waals surface area contributed by atoms with Gasteiger partial charge in [0.1, 0.15) is 5.71 Å². The molecular weight excluding hydrogens is 156 g/mol. The van der Waals surface area contributed by atoms with Crippen LogP contribution in [0.2, 0.25) is 0 Å². The third-order valence-electron chi connectivity index (χ3n) is 2.33.